The molecule has 124 valence electrons. The molecular weight excluding hydrogens is 336 g/mol. The smallest absolute Gasteiger partial charge is 0.133 e. The number of hydrogen-bond donors (Lipinski definition) is 2. The molecule has 13 rings (SSSR count). The molecular formula is C21H10N6. The van der Waals surface area contributed by atoms with E-state index >= 15 is 0 Å². The molecule has 1 aromatic carbocycles. The molecule has 0 saturated carbocycles. The van der Waals surface area contributed by atoms with Crippen LogP contribution >= 0.6 is 0 Å². The lowest BCUT2D eigenvalue weighted by Crippen LogP contribution is -2.44. The minimum Gasteiger partial charge on any atom is -0.397 e. The fourth-order valence-corrected chi connectivity index (χ4v) is 7.51. The maximum atomic E-state index is 6.64. The number of aromatic nitrogens is 4. The van der Waals surface area contributed by atoms with E-state index in [2.05, 4.69) is 31.9 Å². The van der Waals surface area contributed by atoms with Crippen LogP contribution in [0.4, 0.5) is 11.4 Å². The van der Waals surface area contributed by atoms with Crippen LogP contribution in [0.25, 0.3) is 61.0 Å². The lowest BCUT2D eigenvalue weighted by atomic mass is 9.70. The molecule has 1 atom stereocenters. The maximum Gasteiger partial charge on any atom is 0.133 e. The third-order valence-corrected chi connectivity index (χ3v) is 8.53. The van der Waals surface area contributed by atoms with Gasteiger partial charge in [-0.3, -0.25) is 4.40 Å². The number of hydrogen-bond acceptors (Lipinski definition) is 2. The van der Waals surface area contributed by atoms with E-state index in [9.17, 15) is 0 Å². The van der Waals surface area contributed by atoms with Crippen molar-refractivity contribution >= 4 is 61.0 Å². The summed E-state index contributed by atoms with van der Waals surface area (Å²) in [5, 5.41) is 0. The van der Waals surface area contributed by atoms with Gasteiger partial charge >= 0.3 is 0 Å². The van der Waals surface area contributed by atoms with Gasteiger partial charge in [0.2, 0.25) is 0 Å². The highest BCUT2D eigenvalue weighted by atomic mass is 15.3. The van der Waals surface area contributed by atoms with Gasteiger partial charge in [-0.25, -0.2) is 0 Å². The molecule has 8 aromatic heterocycles. The highest BCUT2D eigenvalue weighted by molar-refractivity contribution is 6.36. The van der Waals surface area contributed by atoms with Crippen LogP contribution in [0.3, 0.4) is 0 Å². The highest BCUT2D eigenvalue weighted by Crippen LogP contribution is 2.75. The zero-order valence-electron chi connectivity index (χ0n) is 14.4. The molecule has 4 aliphatic rings. The van der Waals surface area contributed by atoms with E-state index in [1.54, 1.807) is 0 Å². The van der Waals surface area contributed by atoms with Crippen molar-refractivity contribution in [3.8, 4) is 11.4 Å². The van der Waals surface area contributed by atoms with Crippen molar-refractivity contribution in [2.75, 3.05) is 11.5 Å². The van der Waals surface area contributed by atoms with Gasteiger partial charge in [0.25, 0.3) is 0 Å². The summed E-state index contributed by atoms with van der Waals surface area (Å²) in [4.78, 5) is 0. The molecule has 0 fully saturated rings. The molecule has 1 unspecified atom stereocenters. The number of fused-ring (bicyclic) bond motifs is 2. The molecule has 0 amide bonds. The van der Waals surface area contributed by atoms with Crippen molar-refractivity contribution < 1.29 is 0 Å². The monoisotopic (exact) mass is 346 g/mol. The van der Waals surface area contributed by atoms with E-state index in [0.717, 1.165) is 11.4 Å². The van der Waals surface area contributed by atoms with E-state index in [4.69, 9.17) is 11.5 Å². The summed E-state index contributed by atoms with van der Waals surface area (Å²) in [5.74, 6) is 0. The van der Waals surface area contributed by atoms with Gasteiger partial charge in [0.1, 0.15) is 5.54 Å². The molecule has 27 heavy (non-hydrogen) atoms. The number of nitrogen functional groups attached to an aromatic ring is 2. The summed E-state index contributed by atoms with van der Waals surface area (Å²) in [6.45, 7) is 4.35. The first-order valence-electron chi connectivity index (χ1n) is 9.51. The molecule has 0 saturated heterocycles. The summed E-state index contributed by atoms with van der Waals surface area (Å²) >= 11 is 0. The fourth-order valence-electron chi connectivity index (χ4n) is 7.51. The Kier molecular flexibility index (Phi) is 0.864. The van der Waals surface area contributed by atoms with Crippen molar-refractivity contribution in [3.63, 3.8) is 0 Å². The molecule has 1 spiro atoms. The Hall–Kier alpha value is -3.54. The van der Waals surface area contributed by atoms with Gasteiger partial charge in [-0.2, -0.15) is 0 Å². The van der Waals surface area contributed by atoms with Gasteiger partial charge in [0, 0.05) is 16.7 Å². The Morgan fingerprint density at radius 1 is 0.593 bits per heavy atom. The molecule has 4 aliphatic heterocycles. The van der Waals surface area contributed by atoms with E-state index in [0.29, 0.717) is 0 Å². The number of pyridine rings is 1. The van der Waals surface area contributed by atoms with E-state index in [1.165, 1.54) is 88.8 Å². The van der Waals surface area contributed by atoms with E-state index in [1.807, 2.05) is 0 Å². The normalized spacial score (nSPS) is 22.1. The Morgan fingerprint density at radius 3 is 2.04 bits per heavy atom. The third-order valence-electron chi connectivity index (χ3n) is 8.53. The van der Waals surface area contributed by atoms with Crippen LogP contribution in [0, 0.1) is 13.8 Å². The number of anilines is 2. The Morgan fingerprint density at radius 2 is 1.22 bits per heavy atom. The second kappa shape index (κ2) is 2.21. The second-order valence-corrected chi connectivity index (χ2v) is 9.09. The van der Waals surface area contributed by atoms with Crippen LogP contribution in [-0.4, -0.2) is 18.1 Å². The van der Waals surface area contributed by atoms with Crippen molar-refractivity contribution in [2.45, 2.75) is 19.4 Å². The van der Waals surface area contributed by atoms with Crippen molar-refractivity contribution in [3.05, 3.63) is 27.8 Å². The first-order chi connectivity index (χ1) is 13.1. The zero-order valence-corrected chi connectivity index (χ0v) is 14.4. The van der Waals surface area contributed by atoms with Crippen LogP contribution in [0.1, 0.15) is 27.8 Å². The molecule has 12 bridgehead atoms. The Labute approximate surface area is 149 Å². The number of nitrogens with two attached hydrogens (primary N) is 2. The SMILES string of the molecule is Cc1c(N)c2c3c4c1n2-c1c2c5c(C)c(N)c1n5C42c1c2c(c4c5c1n45)n2-3. The minimum atomic E-state index is -0.151. The maximum absolute atomic E-state index is 6.64. The Balaban J connectivity index is 1.58. The molecule has 0 aliphatic carbocycles. The van der Waals surface area contributed by atoms with Gasteiger partial charge in [0.15, 0.2) is 0 Å². The van der Waals surface area contributed by atoms with E-state index in [-0.39, 0.29) is 5.54 Å². The third kappa shape index (κ3) is 0.552. The number of rotatable bonds is 0. The fraction of sp³-hybridized carbons (Fsp3) is 0.143. The van der Waals surface area contributed by atoms with Gasteiger partial charge in [-0.15, -0.1) is 0 Å². The predicted octanol–water partition coefficient (Wildman–Crippen LogP) is 3.12. The van der Waals surface area contributed by atoms with Crippen LogP contribution in [0.15, 0.2) is 0 Å². The molecule has 4 N–H and O–H groups in total. The summed E-state index contributed by atoms with van der Waals surface area (Å²) in [6.07, 6.45) is 0. The van der Waals surface area contributed by atoms with Crippen molar-refractivity contribution in [1.82, 2.24) is 18.1 Å². The lowest BCUT2D eigenvalue weighted by Gasteiger charge is -2.44. The zero-order chi connectivity index (χ0) is 17.2. The van der Waals surface area contributed by atoms with Crippen molar-refractivity contribution in [2.24, 2.45) is 0 Å². The van der Waals surface area contributed by atoms with Gasteiger partial charge in [-0.1, -0.05) is 0 Å². The van der Waals surface area contributed by atoms with Crippen molar-refractivity contribution in [1.29, 1.82) is 0 Å². The number of aryl methyl sites for hydroxylation is 2. The van der Waals surface area contributed by atoms with Gasteiger partial charge < -0.3 is 25.2 Å². The molecule has 6 heteroatoms. The minimum absolute atomic E-state index is 0.151. The summed E-state index contributed by atoms with van der Waals surface area (Å²) < 4.78 is 9.93. The lowest BCUT2D eigenvalue weighted by molar-refractivity contribution is 0.525. The largest absolute Gasteiger partial charge is 0.397 e. The second-order valence-electron chi connectivity index (χ2n) is 9.09. The highest BCUT2D eigenvalue weighted by Gasteiger charge is 2.68. The topological polar surface area (TPSA) is 71.2 Å². The van der Waals surface area contributed by atoms with Gasteiger partial charge in [0.05, 0.1) is 72.4 Å². The summed E-state index contributed by atoms with van der Waals surface area (Å²) in [6, 6.07) is 0. The number of nitrogens with zero attached hydrogens (tertiary/aromatic N) is 4. The number of benzene rings is 3. The van der Waals surface area contributed by atoms with Crippen LogP contribution in [-0.2, 0) is 5.54 Å². The quantitative estimate of drug-likeness (QED) is 0.414. The van der Waals surface area contributed by atoms with Gasteiger partial charge in [-0.05, 0) is 25.0 Å². The molecule has 9 aromatic rings. The Bertz CT molecular complexity index is 1990. The predicted molar refractivity (Wildman–Crippen MR) is 105 cm³/mol. The standard InChI is InChI=1S/C21H10N6/c1-3-8(22)16-12-5-10(3)24(16)13-6-11-4(2)9(23)17(13)27(11)21(5,6)7-14-18(25(12)14)20-19-15(7)26(19)20/h22-23H2,1-2H3. The summed E-state index contributed by atoms with van der Waals surface area (Å²) in [5.41, 5.74) is 37.0. The molecule has 12 heterocycles. The first-order valence-corrected chi connectivity index (χ1v) is 9.51. The van der Waals surface area contributed by atoms with Crippen LogP contribution in [0.2, 0.25) is 0 Å². The average Bonchev–Trinajstić information content (AvgIpc) is 3.56. The summed E-state index contributed by atoms with van der Waals surface area (Å²) in [7, 11) is 0. The van der Waals surface area contributed by atoms with Crippen LogP contribution < -0.4 is 11.5 Å². The average molecular weight is 346 g/mol. The molecule has 6 nitrogen and oxygen atoms in total. The van der Waals surface area contributed by atoms with Crippen LogP contribution in [0.5, 0.6) is 0 Å². The molecule has 0 radical (unpaired) electrons. The first kappa shape index (κ1) is 10.6. The van der Waals surface area contributed by atoms with E-state index < -0.39 is 0 Å².